The van der Waals surface area contributed by atoms with Gasteiger partial charge in [0.25, 0.3) is 5.56 Å². The summed E-state index contributed by atoms with van der Waals surface area (Å²) in [7, 11) is 1.66. The molecule has 31 heavy (non-hydrogen) atoms. The molecule has 2 aromatic carbocycles. The van der Waals surface area contributed by atoms with Gasteiger partial charge in [0.1, 0.15) is 0 Å². The maximum atomic E-state index is 13.4. The summed E-state index contributed by atoms with van der Waals surface area (Å²) in [4.78, 5) is 33.2. The third-order valence-corrected chi connectivity index (χ3v) is 6.31. The van der Waals surface area contributed by atoms with E-state index in [1.807, 2.05) is 16.7 Å². The highest BCUT2D eigenvalue weighted by atomic mass is 35.5. The predicted octanol–water partition coefficient (Wildman–Crippen LogP) is 3.37. The van der Waals surface area contributed by atoms with E-state index >= 15 is 0 Å². The summed E-state index contributed by atoms with van der Waals surface area (Å²) in [5.74, 6) is 0.689. The topological polar surface area (TPSA) is 65.1 Å². The van der Waals surface area contributed by atoms with Gasteiger partial charge in [0.05, 0.1) is 6.54 Å². The lowest BCUT2D eigenvalue weighted by Gasteiger charge is -2.17. The molecule has 0 aliphatic carbocycles. The Hall–Kier alpha value is -3.32. The first-order chi connectivity index (χ1) is 14.8. The van der Waals surface area contributed by atoms with E-state index in [0.717, 1.165) is 17.8 Å². The molecule has 0 fully saturated rings. The van der Waals surface area contributed by atoms with E-state index in [2.05, 4.69) is 36.9 Å². The van der Waals surface area contributed by atoms with Gasteiger partial charge < -0.3 is 9.47 Å². The normalized spacial score (nSPS) is 13.2. The monoisotopic (exact) mass is 435 g/mol. The number of hydrogen-bond donors (Lipinski definition) is 0. The van der Waals surface area contributed by atoms with Gasteiger partial charge in [-0.3, -0.25) is 13.9 Å². The predicted molar refractivity (Wildman–Crippen MR) is 123 cm³/mol. The van der Waals surface area contributed by atoms with E-state index in [0.29, 0.717) is 28.7 Å². The molecular weight excluding hydrogens is 414 g/mol. The number of aryl methyl sites for hydroxylation is 3. The fourth-order valence-corrected chi connectivity index (χ4v) is 4.25. The fourth-order valence-electron chi connectivity index (χ4n) is 4.13. The first kappa shape index (κ1) is 19.6. The smallest absolute Gasteiger partial charge is 0.310 e. The molecule has 3 heterocycles. The third-order valence-electron chi connectivity index (χ3n) is 6.06. The molecule has 0 amide bonds. The van der Waals surface area contributed by atoms with Crippen LogP contribution in [0.1, 0.15) is 16.7 Å². The van der Waals surface area contributed by atoms with Crippen molar-refractivity contribution in [2.24, 2.45) is 7.05 Å². The van der Waals surface area contributed by atoms with Crippen molar-refractivity contribution in [1.82, 2.24) is 18.7 Å². The molecule has 158 valence electrons. The Morgan fingerprint density at radius 1 is 1.00 bits per heavy atom. The summed E-state index contributed by atoms with van der Waals surface area (Å²) >= 11 is 5.96. The van der Waals surface area contributed by atoms with Gasteiger partial charge in [-0.1, -0.05) is 29.8 Å². The zero-order chi connectivity index (χ0) is 21.9. The van der Waals surface area contributed by atoms with Crippen molar-refractivity contribution < 1.29 is 0 Å². The highest BCUT2D eigenvalue weighted by Crippen LogP contribution is 2.32. The molecule has 0 atom stereocenters. The van der Waals surface area contributed by atoms with Crippen LogP contribution >= 0.6 is 11.6 Å². The molecule has 0 saturated carbocycles. The molecule has 1 aliphatic rings. The Morgan fingerprint density at radius 3 is 2.45 bits per heavy atom. The molecular formula is C23H22ClN5O2. The number of rotatable bonds is 3. The number of fused-ring (bicyclic) bond motifs is 3. The van der Waals surface area contributed by atoms with Crippen LogP contribution in [0.25, 0.3) is 11.2 Å². The van der Waals surface area contributed by atoms with Crippen molar-refractivity contribution in [2.75, 3.05) is 11.4 Å². The lowest BCUT2D eigenvalue weighted by atomic mass is 10.1. The average molecular weight is 436 g/mol. The van der Waals surface area contributed by atoms with Crippen molar-refractivity contribution in [3.05, 3.63) is 85.0 Å². The number of nitrogens with zero attached hydrogens (tertiary/aromatic N) is 5. The molecule has 0 radical (unpaired) electrons. The maximum Gasteiger partial charge on any atom is 0.332 e. The van der Waals surface area contributed by atoms with Gasteiger partial charge in [-0.2, -0.15) is 4.98 Å². The van der Waals surface area contributed by atoms with Crippen LogP contribution in [-0.2, 0) is 20.1 Å². The van der Waals surface area contributed by atoms with Crippen molar-refractivity contribution in [3.8, 4) is 0 Å². The van der Waals surface area contributed by atoms with Crippen LogP contribution < -0.4 is 16.1 Å². The summed E-state index contributed by atoms with van der Waals surface area (Å²) in [5.41, 5.74) is 4.44. The van der Waals surface area contributed by atoms with Crippen LogP contribution in [0.4, 0.5) is 11.6 Å². The van der Waals surface area contributed by atoms with Crippen LogP contribution in [0.3, 0.4) is 0 Å². The van der Waals surface area contributed by atoms with Crippen molar-refractivity contribution >= 4 is 34.4 Å². The fraction of sp³-hybridized carbons (Fsp3) is 0.261. The van der Waals surface area contributed by atoms with Crippen molar-refractivity contribution in [3.63, 3.8) is 0 Å². The van der Waals surface area contributed by atoms with Gasteiger partial charge in [-0.25, -0.2) is 4.79 Å². The number of aromatic nitrogens is 4. The number of hydrogen-bond acceptors (Lipinski definition) is 4. The Kier molecular flexibility index (Phi) is 4.51. The molecule has 4 aromatic rings. The quantitative estimate of drug-likeness (QED) is 0.495. The van der Waals surface area contributed by atoms with Gasteiger partial charge in [-0.15, -0.1) is 0 Å². The molecule has 0 saturated heterocycles. The van der Waals surface area contributed by atoms with Gasteiger partial charge >= 0.3 is 5.69 Å². The lowest BCUT2D eigenvalue weighted by molar-refractivity contribution is 0.652. The molecule has 2 aromatic heterocycles. The molecule has 0 unspecified atom stereocenters. The van der Waals surface area contributed by atoms with Crippen LogP contribution in [0.5, 0.6) is 0 Å². The number of halogens is 1. The second-order valence-electron chi connectivity index (χ2n) is 8.02. The standard InChI is InChI=1S/C23H22ClN5O2/c1-14-4-9-18(12-15(14)2)27-10-11-28-19-20(25-22(27)28)26(3)23(31)29(21(19)30)13-16-5-7-17(24)8-6-16/h4-9,12H,10-11,13H2,1-3H3. The lowest BCUT2D eigenvalue weighted by Crippen LogP contribution is -2.40. The zero-order valence-corrected chi connectivity index (χ0v) is 18.3. The minimum absolute atomic E-state index is 0.181. The SMILES string of the molecule is Cc1ccc(N2CCn3c2nc2c3c(=O)n(Cc3ccc(Cl)cc3)c(=O)n2C)cc1C. The highest BCUT2D eigenvalue weighted by molar-refractivity contribution is 6.30. The van der Waals surface area contributed by atoms with Crippen molar-refractivity contribution in [2.45, 2.75) is 26.9 Å². The molecule has 8 heteroatoms. The zero-order valence-electron chi connectivity index (χ0n) is 17.6. The largest absolute Gasteiger partial charge is 0.332 e. The molecule has 1 aliphatic heterocycles. The number of imidazole rings is 1. The Balaban J connectivity index is 1.66. The molecule has 0 spiro atoms. The van der Waals surface area contributed by atoms with Crippen LogP contribution in [0, 0.1) is 13.8 Å². The highest BCUT2D eigenvalue weighted by Gasteiger charge is 2.28. The summed E-state index contributed by atoms with van der Waals surface area (Å²) in [5, 5.41) is 0.611. The number of anilines is 2. The molecule has 0 N–H and O–H groups in total. The average Bonchev–Trinajstić information content (AvgIpc) is 3.32. The third kappa shape index (κ3) is 3.08. The molecule has 7 nitrogen and oxygen atoms in total. The summed E-state index contributed by atoms with van der Waals surface area (Å²) in [6, 6.07) is 13.4. The first-order valence-electron chi connectivity index (χ1n) is 10.1. The van der Waals surface area contributed by atoms with Crippen molar-refractivity contribution in [1.29, 1.82) is 0 Å². The van der Waals surface area contributed by atoms with E-state index in [1.54, 1.807) is 19.2 Å². The van der Waals surface area contributed by atoms with Gasteiger partial charge in [0, 0.05) is 30.8 Å². The second-order valence-corrected chi connectivity index (χ2v) is 8.45. The Bertz CT molecular complexity index is 1450. The van der Waals surface area contributed by atoms with E-state index in [9.17, 15) is 9.59 Å². The minimum atomic E-state index is -0.387. The summed E-state index contributed by atoms with van der Waals surface area (Å²) in [6.07, 6.45) is 0. The van der Waals surface area contributed by atoms with Gasteiger partial charge in [-0.05, 0) is 54.8 Å². The second kappa shape index (κ2) is 7.13. The van der Waals surface area contributed by atoms with E-state index in [-0.39, 0.29) is 17.8 Å². The Labute approximate surface area is 183 Å². The summed E-state index contributed by atoms with van der Waals surface area (Å²) < 4.78 is 4.64. The van der Waals surface area contributed by atoms with E-state index < -0.39 is 0 Å². The first-order valence-corrected chi connectivity index (χ1v) is 10.5. The minimum Gasteiger partial charge on any atom is -0.310 e. The molecule has 5 rings (SSSR count). The molecule has 0 bridgehead atoms. The van der Waals surface area contributed by atoms with E-state index in [1.165, 1.54) is 20.3 Å². The Morgan fingerprint density at radius 2 is 1.74 bits per heavy atom. The van der Waals surface area contributed by atoms with Gasteiger partial charge in [0.2, 0.25) is 5.95 Å². The maximum absolute atomic E-state index is 13.4. The van der Waals surface area contributed by atoms with Crippen LogP contribution in [0.15, 0.2) is 52.1 Å². The van der Waals surface area contributed by atoms with Crippen LogP contribution in [0.2, 0.25) is 5.02 Å². The summed E-state index contributed by atoms with van der Waals surface area (Å²) in [6.45, 7) is 5.70. The van der Waals surface area contributed by atoms with Crippen LogP contribution in [-0.4, -0.2) is 25.2 Å². The van der Waals surface area contributed by atoms with Gasteiger partial charge in [0.15, 0.2) is 11.2 Å². The van der Waals surface area contributed by atoms with E-state index in [4.69, 9.17) is 16.6 Å². The number of benzene rings is 2.